The van der Waals surface area contributed by atoms with Crippen molar-refractivity contribution in [3.05, 3.63) is 72.9 Å². The number of aliphatic hydroxyl groups excluding tert-OH is 2. The van der Waals surface area contributed by atoms with E-state index < -0.39 is 12.1 Å². The predicted octanol–water partition coefficient (Wildman–Crippen LogP) is 8.83. The number of amides is 1. The average molecular weight is 542 g/mol. The van der Waals surface area contributed by atoms with E-state index in [0.29, 0.717) is 6.42 Å². The second kappa shape index (κ2) is 30.4. The predicted molar refractivity (Wildman–Crippen MR) is 170 cm³/mol. The van der Waals surface area contributed by atoms with E-state index >= 15 is 0 Å². The highest BCUT2D eigenvalue weighted by molar-refractivity contribution is 5.76. The zero-order valence-corrected chi connectivity index (χ0v) is 25.1. The van der Waals surface area contributed by atoms with Crippen molar-refractivity contribution in [3.8, 4) is 0 Å². The lowest BCUT2D eigenvalue weighted by Crippen LogP contribution is -2.45. The third kappa shape index (κ3) is 27.2. The fraction of sp³-hybridized carbons (Fsp3) is 0.629. The minimum Gasteiger partial charge on any atom is -0.394 e. The summed E-state index contributed by atoms with van der Waals surface area (Å²) in [6.07, 6.45) is 42.6. The van der Waals surface area contributed by atoms with E-state index in [1.807, 2.05) is 6.08 Å². The molecule has 0 fully saturated rings. The van der Waals surface area contributed by atoms with Gasteiger partial charge in [-0.25, -0.2) is 0 Å². The van der Waals surface area contributed by atoms with Crippen molar-refractivity contribution in [2.45, 2.75) is 135 Å². The molecule has 0 aliphatic rings. The zero-order valence-electron chi connectivity index (χ0n) is 25.1. The molecular weight excluding hydrogens is 482 g/mol. The number of hydrogen-bond donors (Lipinski definition) is 3. The number of unbranched alkanes of at least 4 members (excludes halogenated alkanes) is 9. The van der Waals surface area contributed by atoms with E-state index in [9.17, 15) is 15.0 Å². The largest absolute Gasteiger partial charge is 0.394 e. The molecule has 0 radical (unpaired) electrons. The number of nitrogens with one attached hydrogen (secondary N) is 1. The molecule has 0 rings (SSSR count). The first-order valence-electron chi connectivity index (χ1n) is 15.7. The van der Waals surface area contributed by atoms with Gasteiger partial charge >= 0.3 is 0 Å². The van der Waals surface area contributed by atoms with Gasteiger partial charge in [-0.1, -0.05) is 119 Å². The van der Waals surface area contributed by atoms with E-state index in [2.05, 4.69) is 79.9 Å². The Morgan fingerprint density at radius 3 is 1.79 bits per heavy atom. The zero-order chi connectivity index (χ0) is 28.7. The van der Waals surface area contributed by atoms with E-state index in [4.69, 9.17) is 0 Å². The van der Waals surface area contributed by atoms with Gasteiger partial charge in [0.2, 0.25) is 5.91 Å². The van der Waals surface area contributed by atoms with Gasteiger partial charge in [0.15, 0.2) is 0 Å². The highest BCUT2D eigenvalue weighted by atomic mass is 16.3. The third-order valence-electron chi connectivity index (χ3n) is 6.40. The molecule has 0 aromatic rings. The normalized spacial score (nSPS) is 14.3. The highest BCUT2D eigenvalue weighted by Crippen LogP contribution is 2.09. The average Bonchev–Trinajstić information content (AvgIpc) is 2.94. The van der Waals surface area contributed by atoms with Crippen molar-refractivity contribution in [1.82, 2.24) is 5.32 Å². The summed E-state index contributed by atoms with van der Waals surface area (Å²) in [6.45, 7) is 4.09. The van der Waals surface area contributed by atoms with Gasteiger partial charge in [0, 0.05) is 6.42 Å². The lowest BCUT2D eigenvalue weighted by molar-refractivity contribution is -0.123. The molecule has 1 amide bonds. The smallest absolute Gasteiger partial charge is 0.220 e. The summed E-state index contributed by atoms with van der Waals surface area (Å²) in [5, 5.41) is 22.7. The molecular formula is C35H59NO3. The number of hydrogen-bond acceptors (Lipinski definition) is 3. The Morgan fingerprint density at radius 1 is 0.641 bits per heavy atom. The molecule has 0 bridgehead atoms. The van der Waals surface area contributed by atoms with Crippen LogP contribution in [-0.4, -0.2) is 34.9 Å². The van der Waals surface area contributed by atoms with Crippen LogP contribution in [-0.2, 0) is 4.79 Å². The molecule has 2 unspecified atom stereocenters. The molecule has 0 aromatic heterocycles. The van der Waals surface area contributed by atoms with Crippen LogP contribution in [0.2, 0.25) is 0 Å². The monoisotopic (exact) mass is 541 g/mol. The molecule has 4 nitrogen and oxygen atoms in total. The molecule has 3 N–H and O–H groups in total. The Balaban J connectivity index is 3.82. The van der Waals surface area contributed by atoms with Crippen LogP contribution in [0.5, 0.6) is 0 Å². The summed E-state index contributed by atoms with van der Waals surface area (Å²) in [4.78, 5) is 12.2. The lowest BCUT2D eigenvalue weighted by Gasteiger charge is -2.19. The van der Waals surface area contributed by atoms with Crippen LogP contribution in [0.3, 0.4) is 0 Å². The van der Waals surface area contributed by atoms with Crippen LogP contribution >= 0.6 is 0 Å². The van der Waals surface area contributed by atoms with Gasteiger partial charge in [0.1, 0.15) is 0 Å². The van der Waals surface area contributed by atoms with Gasteiger partial charge in [0.25, 0.3) is 0 Å². The molecule has 2 atom stereocenters. The first-order chi connectivity index (χ1) is 19.2. The quantitative estimate of drug-likeness (QED) is 0.0757. The van der Waals surface area contributed by atoms with E-state index in [1.54, 1.807) is 6.08 Å². The minimum absolute atomic E-state index is 0.102. The molecule has 0 saturated heterocycles. The summed E-state index contributed by atoms with van der Waals surface area (Å²) in [5.41, 5.74) is 0. The third-order valence-corrected chi connectivity index (χ3v) is 6.40. The molecule has 0 heterocycles. The maximum atomic E-state index is 12.2. The molecule has 0 aliphatic carbocycles. The van der Waals surface area contributed by atoms with Gasteiger partial charge in [-0.05, 0) is 70.6 Å². The Hall–Kier alpha value is -2.17. The SMILES string of the molecule is CC/C=C\C/C=C\C/C=C\CCCCCCCC(=O)NC(CO)C(O)/C=C/CC/C=C/CC/C=C/CCCC. The van der Waals surface area contributed by atoms with Gasteiger partial charge in [0.05, 0.1) is 18.8 Å². The van der Waals surface area contributed by atoms with Crippen LogP contribution in [0.15, 0.2) is 72.9 Å². The van der Waals surface area contributed by atoms with Crippen LogP contribution in [0, 0.1) is 0 Å². The lowest BCUT2D eigenvalue weighted by atomic mass is 10.1. The number of rotatable bonds is 26. The Bertz CT molecular complexity index is 717. The molecule has 39 heavy (non-hydrogen) atoms. The van der Waals surface area contributed by atoms with Gasteiger partial charge in [-0.2, -0.15) is 0 Å². The Labute approximate surface area is 240 Å². The van der Waals surface area contributed by atoms with Crippen LogP contribution in [0.1, 0.15) is 123 Å². The fourth-order valence-electron chi connectivity index (χ4n) is 3.97. The summed E-state index contributed by atoms with van der Waals surface area (Å²) in [6, 6.07) is -0.654. The Kier molecular flexibility index (Phi) is 28.7. The van der Waals surface area contributed by atoms with Crippen molar-refractivity contribution in [2.75, 3.05) is 6.61 Å². The summed E-state index contributed by atoms with van der Waals surface area (Å²) < 4.78 is 0. The van der Waals surface area contributed by atoms with Crippen molar-refractivity contribution >= 4 is 5.91 Å². The first-order valence-corrected chi connectivity index (χ1v) is 15.7. The maximum Gasteiger partial charge on any atom is 0.220 e. The highest BCUT2D eigenvalue weighted by Gasteiger charge is 2.17. The second-order valence-electron chi connectivity index (χ2n) is 10.1. The fourth-order valence-corrected chi connectivity index (χ4v) is 3.97. The number of aliphatic hydroxyl groups is 2. The number of allylic oxidation sites excluding steroid dienone is 11. The van der Waals surface area contributed by atoms with E-state index in [0.717, 1.165) is 70.6 Å². The Morgan fingerprint density at radius 2 is 1.15 bits per heavy atom. The molecule has 222 valence electrons. The first kappa shape index (κ1) is 36.8. The standard InChI is InChI=1S/C35H59NO3/c1-3-5-7-9-11-13-15-17-18-19-21-23-25-27-29-31-35(39)36-33(32-37)34(38)30-28-26-24-22-20-16-14-12-10-8-6-4-2/h5,7,10-13,17-18,20,22,28,30,33-34,37-38H,3-4,6,8-9,14-16,19,21,23-27,29,31-32H2,1-2H3,(H,36,39)/b7-5-,12-10+,13-11-,18-17-,22-20+,30-28+. The van der Waals surface area contributed by atoms with E-state index in [1.165, 1.54) is 32.1 Å². The van der Waals surface area contributed by atoms with Crippen molar-refractivity contribution in [1.29, 1.82) is 0 Å². The number of carbonyl (C=O) groups is 1. The maximum absolute atomic E-state index is 12.2. The summed E-state index contributed by atoms with van der Waals surface area (Å²) in [5.74, 6) is -0.102. The van der Waals surface area contributed by atoms with Gasteiger partial charge < -0.3 is 15.5 Å². The van der Waals surface area contributed by atoms with Crippen LogP contribution < -0.4 is 5.32 Å². The van der Waals surface area contributed by atoms with Crippen LogP contribution in [0.4, 0.5) is 0 Å². The molecule has 4 heteroatoms. The van der Waals surface area contributed by atoms with Crippen LogP contribution in [0.25, 0.3) is 0 Å². The van der Waals surface area contributed by atoms with Gasteiger partial charge in [-0.3, -0.25) is 4.79 Å². The molecule has 0 saturated carbocycles. The molecule has 0 spiro atoms. The van der Waals surface area contributed by atoms with Gasteiger partial charge in [-0.15, -0.1) is 0 Å². The second-order valence-corrected chi connectivity index (χ2v) is 10.1. The summed E-state index contributed by atoms with van der Waals surface area (Å²) in [7, 11) is 0. The van der Waals surface area contributed by atoms with E-state index in [-0.39, 0.29) is 12.5 Å². The molecule has 0 aliphatic heterocycles. The topological polar surface area (TPSA) is 69.6 Å². The summed E-state index contributed by atoms with van der Waals surface area (Å²) >= 11 is 0. The number of carbonyl (C=O) groups excluding carboxylic acids is 1. The van der Waals surface area contributed by atoms with Crippen molar-refractivity contribution in [2.24, 2.45) is 0 Å². The molecule has 0 aromatic carbocycles. The van der Waals surface area contributed by atoms with Crippen molar-refractivity contribution in [3.63, 3.8) is 0 Å². The van der Waals surface area contributed by atoms with Crippen molar-refractivity contribution < 1.29 is 15.0 Å². The minimum atomic E-state index is -0.877.